The molecule has 5 aliphatic rings. The maximum Gasteiger partial charge on any atom is 0.0594 e. The van der Waals surface area contributed by atoms with Crippen molar-refractivity contribution >= 4 is 0 Å². The Morgan fingerprint density at radius 2 is 1.65 bits per heavy atom. The maximum atomic E-state index is 10.9. The summed E-state index contributed by atoms with van der Waals surface area (Å²) in [7, 11) is 0. The van der Waals surface area contributed by atoms with Crippen LogP contribution in [0.3, 0.4) is 0 Å². The van der Waals surface area contributed by atoms with E-state index in [-0.39, 0.29) is 33.7 Å². The Morgan fingerprint density at radius 1 is 0.903 bits per heavy atom. The smallest absolute Gasteiger partial charge is 0.0594 e. The molecule has 0 heterocycles. The van der Waals surface area contributed by atoms with Gasteiger partial charge in [0.05, 0.1) is 6.10 Å². The second kappa shape index (κ2) is 6.64. The molecule has 176 valence electrons. The lowest BCUT2D eigenvalue weighted by Crippen LogP contribution is -2.64. The van der Waals surface area contributed by atoms with E-state index in [4.69, 9.17) is 4.11 Å². The van der Waals surface area contributed by atoms with Gasteiger partial charge in [-0.2, -0.15) is 0 Å². The molecule has 5 rings (SSSR count). The lowest BCUT2D eigenvalue weighted by Gasteiger charge is -2.71. The van der Waals surface area contributed by atoms with Crippen molar-refractivity contribution in [2.45, 2.75) is 119 Å². The Morgan fingerprint density at radius 3 is 2.35 bits per heavy atom. The molecular formula is C30H50O. The van der Waals surface area contributed by atoms with Crippen molar-refractivity contribution in [1.82, 2.24) is 0 Å². The molecule has 0 bridgehead atoms. The number of aliphatic hydroxyl groups excluding tert-OH is 1. The molecule has 0 amide bonds. The monoisotopic (exact) mass is 429 g/mol. The highest BCUT2D eigenvalue weighted by Crippen LogP contribution is 2.75. The molecule has 0 aliphatic heterocycles. The lowest BCUT2D eigenvalue weighted by atomic mass is 9.33. The summed E-state index contributed by atoms with van der Waals surface area (Å²) in [6, 6.07) is 0. The molecule has 1 heteroatoms. The van der Waals surface area contributed by atoms with Crippen LogP contribution in [0.5, 0.6) is 0 Å². The summed E-state index contributed by atoms with van der Waals surface area (Å²) in [6.45, 7) is 15.1. The molecule has 0 saturated heterocycles. The molecule has 4 saturated carbocycles. The van der Waals surface area contributed by atoms with E-state index in [0.29, 0.717) is 23.7 Å². The van der Waals surface area contributed by atoms with Gasteiger partial charge in [0.25, 0.3) is 0 Å². The van der Waals surface area contributed by atoms with Gasteiger partial charge in [0.1, 0.15) is 0 Å². The van der Waals surface area contributed by atoms with Crippen molar-refractivity contribution in [2.75, 3.05) is 0 Å². The van der Waals surface area contributed by atoms with E-state index in [1.54, 1.807) is 0 Å². The molecule has 0 spiro atoms. The lowest BCUT2D eigenvalue weighted by molar-refractivity contribution is -0.203. The van der Waals surface area contributed by atoms with E-state index < -0.39 is 12.3 Å². The van der Waals surface area contributed by atoms with Crippen LogP contribution in [-0.2, 0) is 0 Å². The van der Waals surface area contributed by atoms with Gasteiger partial charge < -0.3 is 5.11 Å². The van der Waals surface area contributed by atoms with Crippen molar-refractivity contribution in [1.29, 1.82) is 0 Å². The second-order valence-corrected chi connectivity index (χ2v) is 14.2. The summed E-state index contributed by atoms with van der Waals surface area (Å²) in [5.74, 6) is 2.37. The number of hydrogen-bond donors (Lipinski definition) is 1. The van der Waals surface area contributed by atoms with Crippen LogP contribution in [0.15, 0.2) is 11.6 Å². The fourth-order valence-corrected chi connectivity index (χ4v) is 10.5. The highest BCUT2D eigenvalue weighted by Gasteiger charge is 2.67. The first kappa shape index (κ1) is 19.1. The van der Waals surface area contributed by atoms with E-state index >= 15 is 0 Å². The van der Waals surface area contributed by atoms with E-state index in [2.05, 4.69) is 54.5 Å². The molecule has 0 aromatic heterocycles. The van der Waals surface area contributed by atoms with Crippen molar-refractivity contribution in [3.63, 3.8) is 0 Å². The van der Waals surface area contributed by atoms with Gasteiger partial charge in [-0.05, 0) is 114 Å². The average molecular weight is 430 g/mol. The zero-order valence-corrected chi connectivity index (χ0v) is 21.4. The minimum atomic E-state index is -1.89. The first-order valence-corrected chi connectivity index (χ1v) is 13.4. The fourth-order valence-electron chi connectivity index (χ4n) is 10.5. The molecule has 0 aromatic rings. The topological polar surface area (TPSA) is 20.2 Å². The zero-order chi connectivity index (χ0) is 25.1. The first-order valence-electron chi connectivity index (χ1n) is 14.9. The minimum absolute atomic E-state index is 0.0322. The summed E-state index contributed by atoms with van der Waals surface area (Å²) in [5.41, 5.74) is 1.48. The van der Waals surface area contributed by atoms with Crippen LogP contribution in [-0.4, -0.2) is 11.2 Å². The zero-order valence-electron chi connectivity index (χ0n) is 24.4. The Labute approximate surface area is 197 Å². The van der Waals surface area contributed by atoms with E-state index in [1.165, 1.54) is 18.4 Å². The van der Waals surface area contributed by atoms with E-state index in [1.807, 2.05) is 0 Å². The van der Waals surface area contributed by atoms with Crippen LogP contribution >= 0.6 is 0 Å². The van der Waals surface area contributed by atoms with Gasteiger partial charge in [-0.25, -0.2) is 0 Å². The summed E-state index contributed by atoms with van der Waals surface area (Å²) in [4.78, 5) is 0. The van der Waals surface area contributed by atoms with Gasteiger partial charge in [-0.1, -0.05) is 67.0 Å². The van der Waals surface area contributed by atoms with Crippen molar-refractivity contribution < 1.29 is 9.22 Å². The van der Waals surface area contributed by atoms with E-state index in [9.17, 15) is 5.11 Å². The summed E-state index contributed by atoms with van der Waals surface area (Å²) < 4.78 is 26.1. The Balaban J connectivity index is 1.62. The van der Waals surface area contributed by atoms with Crippen LogP contribution < -0.4 is 0 Å². The fraction of sp³-hybridized carbons (Fsp3) is 0.933. The maximum absolute atomic E-state index is 10.9. The Kier molecular flexibility index (Phi) is 4.08. The Hall–Kier alpha value is -0.300. The van der Waals surface area contributed by atoms with E-state index in [0.717, 1.165) is 44.9 Å². The molecule has 4 fully saturated rings. The van der Waals surface area contributed by atoms with Crippen LogP contribution in [0.2, 0.25) is 0 Å². The molecule has 5 aliphatic carbocycles. The molecule has 0 radical (unpaired) electrons. The largest absolute Gasteiger partial charge is 0.393 e. The third-order valence-electron chi connectivity index (χ3n) is 13.0. The number of rotatable bonds is 0. The van der Waals surface area contributed by atoms with Crippen LogP contribution in [0, 0.1) is 56.7 Å². The third-order valence-corrected chi connectivity index (χ3v) is 13.0. The van der Waals surface area contributed by atoms with Crippen LogP contribution in [0.1, 0.15) is 117 Å². The molecule has 0 unspecified atom stereocenters. The summed E-state index contributed by atoms with van der Waals surface area (Å²) in [6.07, 6.45) is 11.7. The Bertz CT molecular complexity index is 875. The number of aliphatic hydroxyl groups is 1. The van der Waals surface area contributed by atoms with Gasteiger partial charge in [0.15, 0.2) is 0 Å². The van der Waals surface area contributed by atoms with Crippen molar-refractivity contribution in [3.8, 4) is 0 Å². The first-order chi connectivity index (χ1) is 15.6. The number of fused-ring (bicyclic) bond motifs is 7. The van der Waals surface area contributed by atoms with Gasteiger partial charge in [0.2, 0.25) is 0 Å². The normalized spacial score (nSPS) is 60.1. The molecular weight excluding hydrogens is 376 g/mol. The quantitative estimate of drug-likeness (QED) is 0.386. The molecule has 31 heavy (non-hydrogen) atoms. The minimum Gasteiger partial charge on any atom is -0.393 e. The molecule has 1 N–H and O–H groups in total. The number of allylic oxidation sites excluding steroid dienone is 2. The molecule has 1 nitrogen and oxygen atoms in total. The third kappa shape index (κ3) is 2.65. The van der Waals surface area contributed by atoms with Crippen LogP contribution in [0.4, 0.5) is 0 Å². The van der Waals surface area contributed by atoms with Gasteiger partial charge in [-0.15, -0.1) is 0 Å². The summed E-state index contributed by atoms with van der Waals surface area (Å²) >= 11 is 0. The van der Waals surface area contributed by atoms with Crippen LogP contribution in [0.25, 0.3) is 0 Å². The standard InChI is InChI=1S/C30H50O/c1-19-11-14-27(5)17-18-29(7)21(25(27)20(19)2)9-10-23-28(6)15-13-24(31)26(3,4)22(28)12-16-30(23,29)8/h9,19-20,22-25,31H,10-18H2,1-8H3/t19-,20+,22+,23-,24+,25+,27-,28+,29-,30-/m1/s1/i5D3. The van der Waals surface area contributed by atoms with Gasteiger partial charge in [-0.3, -0.25) is 0 Å². The molecule has 10 atom stereocenters. The predicted molar refractivity (Wildman–Crippen MR) is 131 cm³/mol. The number of hydrogen-bond acceptors (Lipinski definition) is 1. The summed E-state index contributed by atoms with van der Waals surface area (Å²) in [5, 5.41) is 10.9. The molecule has 0 aromatic carbocycles. The second-order valence-electron chi connectivity index (χ2n) is 14.2. The van der Waals surface area contributed by atoms with Gasteiger partial charge in [0, 0.05) is 4.11 Å². The van der Waals surface area contributed by atoms with Crippen molar-refractivity contribution in [3.05, 3.63) is 11.6 Å². The van der Waals surface area contributed by atoms with Gasteiger partial charge >= 0.3 is 0 Å². The van der Waals surface area contributed by atoms with Crippen molar-refractivity contribution in [2.24, 2.45) is 56.7 Å². The average Bonchev–Trinajstić information content (AvgIpc) is 2.73. The highest BCUT2D eigenvalue weighted by molar-refractivity contribution is 5.33. The SMILES string of the molecule is [2H]C([2H])([2H])[C@]12CC[C@@H](C)[C@H](C)[C@H]1C1=CC[C@@H]3[C@@]4(C)CC[C@H](O)C(C)(C)[C@@H]4CC[C@@]3(C)[C@]1(C)CC2. The highest BCUT2D eigenvalue weighted by atomic mass is 16.3. The predicted octanol–water partition coefficient (Wildman–Crippen LogP) is 8.02.